The first-order valence-corrected chi connectivity index (χ1v) is 10.3. The first kappa shape index (κ1) is 20.4. The van der Waals surface area contributed by atoms with Crippen molar-refractivity contribution >= 4 is 17.4 Å². The number of halogens is 1. The van der Waals surface area contributed by atoms with E-state index >= 15 is 0 Å². The number of hydroxylamine groups is 1. The number of nitrogens with one attached hydrogen (secondary N) is 2. The lowest BCUT2D eigenvalue weighted by Crippen LogP contribution is -2.48. The van der Waals surface area contributed by atoms with E-state index in [1.807, 2.05) is 24.3 Å². The molecule has 5 nitrogen and oxygen atoms in total. The van der Waals surface area contributed by atoms with Gasteiger partial charge in [-0.2, -0.15) is 0 Å². The van der Waals surface area contributed by atoms with Gasteiger partial charge < -0.3 is 10.2 Å². The van der Waals surface area contributed by atoms with Gasteiger partial charge in [-0.3, -0.25) is 10.3 Å². The molecule has 1 spiro atoms. The van der Waals surface area contributed by atoms with Gasteiger partial charge in [0.1, 0.15) is 11.4 Å². The molecule has 2 aromatic rings. The number of carbonyl (C=O) groups is 1. The quantitative estimate of drug-likeness (QED) is 0.729. The van der Waals surface area contributed by atoms with E-state index in [2.05, 4.69) is 43.7 Å². The zero-order valence-corrected chi connectivity index (χ0v) is 17.7. The Hall–Kier alpha value is -2.86. The molecule has 2 aliphatic heterocycles. The molecule has 1 saturated heterocycles. The van der Waals surface area contributed by atoms with E-state index in [0.717, 1.165) is 16.9 Å². The van der Waals surface area contributed by atoms with Crippen LogP contribution in [0.15, 0.2) is 54.6 Å². The minimum absolute atomic E-state index is 0.0803. The molecule has 0 radical (unpaired) electrons. The molecular weight excluding hydrogens is 381 g/mol. The predicted octanol–water partition coefficient (Wildman–Crippen LogP) is 5.07. The Kier molecular flexibility index (Phi) is 5.28. The monoisotopic (exact) mass is 409 g/mol. The number of benzene rings is 2. The van der Waals surface area contributed by atoms with Crippen LogP contribution in [0, 0.1) is 5.82 Å². The minimum Gasteiger partial charge on any atom is -0.324 e. The summed E-state index contributed by atoms with van der Waals surface area (Å²) in [5, 5.41) is 2.98. The lowest BCUT2D eigenvalue weighted by atomic mass is 9.87. The summed E-state index contributed by atoms with van der Waals surface area (Å²) in [4.78, 5) is 20.3. The van der Waals surface area contributed by atoms with Gasteiger partial charge in [-0.25, -0.2) is 9.18 Å². The molecule has 0 saturated carbocycles. The third-order valence-corrected chi connectivity index (χ3v) is 5.81. The molecule has 30 heavy (non-hydrogen) atoms. The normalized spacial score (nSPS) is 18.1. The summed E-state index contributed by atoms with van der Waals surface area (Å²) >= 11 is 0. The fourth-order valence-corrected chi connectivity index (χ4v) is 3.87. The Morgan fingerprint density at radius 1 is 1.13 bits per heavy atom. The topological polar surface area (TPSA) is 53.6 Å². The third-order valence-electron chi connectivity index (χ3n) is 5.81. The molecule has 1 fully saturated rings. The Bertz CT molecular complexity index is 955. The Morgan fingerprint density at radius 2 is 1.83 bits per heavy atom. The van der Waals surface area contributed by atoms with Crippen LogP contribution in [0.25, 0.3) is 5.70 Å². The highest BCUT2D eigenvalue weighted by molar-refractivity contribution is 5.89. The number of piperidine rings is 1. The maximum Gasteiger partial charge on any atom is 0.321 e. The highest BCUT2D eigenvalue weighted by Gasteiger charge is 2.40. The van der Waals surface area contributed by atoms with E-state index in [0.29, 0.717) is 25.9 Å². The second-order valence-corrected chi connectivity index (χ2v) is 9.08. The van der Waals surface area contributed by atoms with Crippen molar-refractivity contribution < 1.29 is 14.0 Å². The molecule has 0 aliphatic carbocycles. The van der Waals surface area contributed by atoms with E-state index in [4.69, 9.17) is 4.84 Å². The zero-order valence-electron chi connectivity index (χ0n) is 17.7. The maximum absolute atomic E-state index is 13.5. The van der Waals surface area contributed by atoms with Crippen LogP contribution < -0.4 is 10.8 Å². The van der Waals surface area contributed by atoms with Crippen molar-refractivity contribution in [2.75, 3.05) is 18.4 Å². The second kappa shape index (κ2) is 7.76. The number of carbonyl (C=O) groups excluding carboxylic acids is 1. The molecule has 0 unspecified atom stereocenters. The van der Waals surface area contributed by atoms with Gasteiger partial charge in [-0.05, 0) is 41.3 Å². The summed E-state index contributed by atoms with van der Waals surface area (Å²) in [6.07, 6.45) is 3.37. The lowest BCUT2D eigenvalue weighted by molar-refractivity contribution is -0.0634. The molecule has 4 rings (SSSR count). The molecule has 158 valence electrons. The standard InChI is InChI=1S/C24H28FN3O2/c1-23(2,3)18-7-9-20(10-8-18)26-22(29)28-13-11-24(12-14-28)16-21(27-30-24)17-5-4-6-19(25)15-17/h4-10,15-16,27H,11-14H2,1-3H3,(H,26,29). The van der Waals surface area contributed by atoms with Gasteiger partial charge in [0.15, 0.2) is 0 Å². The molecule has 2 aliphatic rings. The number of amides is 2. The lowest BCUT2D eigenvalue weighted by Gasteiger charge is -2.36. The van der Waals surface area contributed by atoms with Crippen molar-refractivity contribution in [3.63, 3.8) is 0 Å². The highest BCUT2D eigenvalue weighted by Crippen LogP contribution is 2.35. The van der Waals surface area contributed by atoms with Gasteiger partial charge in [0.05, 0.1) is 5.70 Å². The highest BCUT2D eigenvalue weighted by atomic mass is 19.1. The van der Waals surface area contributed by atoms with E-state index in [1.54, 1.807) is 11.0 Å². The number of nitrogens with zero attached hydrogens (tertiary/aromatic N) is 1. The van der Waals surface area contributed by atoms with Gasteiger partial charge in [0, 0.05) is 37.2 Å². The summed E-state index contributed by atoms with van der Waals surface area (Å²) in [6.45, 7) is 7.66. The van der Waals surface area contributed by atoms with Crippen molar-refractivity contribution in [3.05, 3.63) is 71.6 Å². The van der Waals surface area contributed by atoms with Crippen molar-refractivity contribution in [2.45, 2.75) is 44.6 Å². The minimum atomic E-state index is -0.465. The maximum atomic E-state index is 13.5. The molecule has 2 aromatic carbocycles. The number of rotatable bonds is 2. The Balaban J connectivity index is 1.36. The number of hydrogen-bond donors (Lipinski definition) is 2. The van der Waals surface area contributed by atoms with E-state index < -0.39 is 5.60 Å². The van der Waals surface area contributed by atoms with Crippen LogP contribution >= 0.6 is 0 Å². The van der Waals surface area contributed by atoms with Crippen molar-refractivity contribution in [2.24, 2.45) is 0 Å². The number of likely N-dealkylation sites (tertiary alicyclic amines) is 1. The Morgan fingerprint density at radius 3 is 2.47 bits per heavy atom. The van der Waals surface area contributed by atoms with Crippen molar-refractivity contribution in [1.29, 1.82) is 0 Å². The first-order valence-electron chi connectivity index (χ1n) is 10.3. The van der Waals surface area contributed by atoms with Crippen LogP contribution in [-0.2, 0) is 10.3 Å². The number of urea groups is 1. The summed E-state index contributed by atoms with van der Waals surface area (Å²) in [7, 11) is 0. The van der Waals surface area contributed by atoms with Crippen LogP contribution in [0.3, 0.4) is 0 Å². The third kappa shape index (κ3) is 4.33. The molecule has 0 bridgehead atoms. The molecule has 2 heterocycles. The summed E-state index contributed by atoms with van der Waals surface area (Å²) in [5.74, 6) is -0.279. The van der Waals surface area contributed by atoms with Crippen LogP contribution in [0.5, 0.6) is 0 Å². The zero-order chi connectivity index (χ0) is 21.4. The van der Waals surface area contributed by atoms with E-state index in [-0.39, 0.29) is 17.3 Å². The van der Waals surface area contributed by atoms with Gasteiger partial charge in [0.2, 0.25) is 0 Å². The summed E-state index contributed by atoms with van der Waals surface area (Å²) in [5.41, 5.74) is 6.10. The fourth-order valence-electron chi connectivity index (χ4n) is 3.87. The van der Waals surface area contributed by atoms with Gasteiger partial charge in [-0.1, -0.05) is 45.0 Å². The van der Waals surface area contributed by atoms with Crippen LogP contribution in [0.4, 0.5) is 14.9 Å². The smallest absolute Gasteiger partial charge is 0.321 e. The van der Waals surface area contributed by atoms with Crippen LogP contribution in [-0.4, -0.2) is 29.6 Å². The van der Waals surface area contributed by atoms with Gasteiger partial charge in [0.25, 0.3) is 0 Å². The average molecular weight is 410 g/mol. The first-order chi connectivity index (χ1) is 14.2. The van der Waals surface area contributed by atoms with Gasteiger partial charge in [-0.15, -0.1) is 0 Å². The molecule has 2 N–H and O–H groups in total. The predicted molar refractivity (Wildman–Crippen MR) is 116 cm³/mol. The molecule has 2 amide bonds. The Labute approximate surface area is 176 Å². The molecule has 0 aromatic heterocycles. The van der Waals surface area contributed by atoms with Crippen molar-refractivity contribution in [3.8, 4) is 0 Å². The summed E-state index contributed by atoms with van der Waals surface area (Å²) in [6, 6.07) is 14.3. The average Bonchev–Trinajstić information content (AvgIpc) is 3.12. The number of anilines is 1. The molecule has 0 atom stereocenters. The number of hydrogen-bond acceptors (Lipinski definition) is 3. The molecular formula is C24H28FN3O2. The largest absolute Gasteiger partial charge is 0.324 e. The van der Waals surface area contributed by atoms with Gasteiger partial charge >= 0.3 is 6.03 Å². The van der Waals surface area contributed by atoms with Crippen molar-refractivity contribution in [1.82, 2.24) is 10.4 Å². The molecule has 6 heteroatoms. The fraction of sp³-hybridized carbons (Fsp3) is 0.375. The second-order valence-electron chi connectivity index (χ2n) is 9.08. The van der Waals surface area contributed by atoms with E-state index in [1.165, 1.54) is 17.7 Å². The van der Waals surface area contributed by atoms with Crippen LogP contribution in [0.1, 0.15) is 44.7 Å². The van der Waals surface area contributed by atoms with E-state index in [9.17, 15) is 9.18 Å². The van der Waals surface area contributed by atoms with Crippen LogP contribution in [0.2, 0.25) is 0 Å². The SMILES string of the molecule is CC(C)(C)c1ccc(NC(=O)N2CCC3(C=C(c4cccc(F)c4)NO3)CC2)cc1. The summed E-state index contributed by atoms with van der Waals surface area (Å²) < 4.78 is 13.5.